The number of aliphatic imine (C=N–C) groups is 1. The van der Waals surface area contributed by atoms with Crippen LogP contribution in [0.5, 0.6) is 0 Å². The second-order valence-electron chi connectivity index (χ2n) is 4.70. The fourth-order valence-electron chi connectivity index (χ4n) is 2.16. The second kappa shape index (κ2) is 8.64. The van der Waals surface area contributed by atoms with E-state index in [1.165, 1.54) is 25.7 Å². The van der Waals surface area contributed by atoms with E-state index < -0.39 is 0 Å². The van der Waals surface area contributed by atoms with E-state index in [1.807, 2.05) is 24.3 Å². The van der Waals surface area contributed by atoms with E-state index in [2.05, 4.69) is 9.89 Å². The Hall–Kier alpha value is -0.490. The summed E-state index contributed by atoms with van der Waals surface area (Å²) >= 11 is 5.85. The molecule has 0 aliphatic carbocycles. The molecule has 0 unspecified atom stereocenters. The highest BCUT2D eigenvalue weighted by Crippen LogP contribution is 2.11. The smallest absolute Gasteiger partial charge is 0.191 e. The predicted molar refractivity (Wildman–Crippen MR) is 92.2 cm³/mol. The van der Waals surface area contributed by atoms with Crippen LogP contribution in [0.4, 0.5) is 0 Å². The van der Waals surface area contributed by atoms with E-state index in [-0.39, 0.29) is 24.0 Å². The summed E-state index contributed by atoms with van der Waals surface area (Å²) in [6.45, 7) is 2.70. The minimum atomic E-state index is 0. The van der Waals surface area contributed by atoms with Crippen LogP contribution in [0.25, 0.3) is 0 Å². The molecule has 1 heterocycles. The van der Waals surface area contributed by atoms with Gasteiger partial charge in [-0.15, -0.1) is 24.0 Å². The number of guanidine groups is 1. The van der Waals surface area contributed by atoms with Gasteiger partial charge in [0.25, 0.3) is 0 Å². The average Bonchev–Trinajstić information content (AvgIpc) is 2.66. The van der Waals surface area contributed by atoms with Gasteiger partial charge < -0.3 is 10.6 Å². The molecule has 1 fully saturated rings. The van der Waals surface area contributed by atoms with Gasteiger partial charge in [0.2, 0.25) is 0 Å². The molecule has 0 amide bonds. The summed E-state index contributed by atoms with van der Waals surface area (Å²) in [5.41, 5.74) is 7.18. The summed E-state index contributed by atoms with van der Waals surface area (Å²) in [5, 5.41) is 0.753. The van der Waals surface area contributed by atoms with Crippen molar-refractivity contribution in [2.75, 3.05) is 13.1 Å². The highest BCUT2D eigenvalue weighted by atomic mass is 127. The Morgan fingerprint density at radius 1 is 1.11 bits per heavy atom. The first-order chi connectivity index (χ1) is 8.75. The molecule has 0 atom stereocenters. The molecule has 1 aromatic rings. The van der Waals surface area contributed by atoms with E-state index in [4.69, 9.17) is 17.3 Å². The molecule has 2 N–H and O–H groups in total. The fraction of sp³-hybridized carbons (Fsp3) is 0.500. The number of nitrogens with zero attached hydrogens (tertiary/aromatic N) is 2. The van der Waals surface area contributed by atoms with E-state index in [9.17, 15) is 0 Å². The minimum absolute atomic E-state index is 0. The maximum atomic E-state index is 6.05. The van der Waals surface area contributed by atoms with Crippen LogP contribution in [0, 0.1) is 0 Å². The summed E-state index contributed by atoms with van der Waals surface area (Å²) in [6, 6.07) is 7.74. The zero-order valence-electron chi connectivity index (χ0n) is 11.0. The van der Waals surface area contributed by atoms with Gasteiger partial charge in [-0.1, -0.05) is 36.6 Å². The molecule has 1 aromatic carbocycles. The van der Waals surface area contributed by atoms with Gasteiger partial charge in [0.05, 0.1) is 6.54 Å². The van der Waals surface area contributed by atoms with Crippen LogP contribution in [0.2, 0.25) is 5.02 Å². The molecule has 1 aliphatic rings. The van der Waals surface area contributed by atoms with E-state index in [1.54, 1.807) is 0 Å². The van der Waals surface area contributed by atoms with Gasteiger partial charge >= 0.3 is 0 Å². The molecule has 1 aliphatic heterocycles. The van der Waals surface area contributed by atoms with Gasteiger partial charge in [0.15, 0.2) is 5.96 Å². The Balaban J connectivity index is 0.00000180. The number of rotatable bonds is 2. The molecule has 1 saturated heterocycles. The first-order valence-corrected chi connectivity index (χ1v) is 6.93. The number of halogens is 2. The molecule has 5 heteroatoms. The molecule has 2 rings (SSSR count). The molecule has 106 valence electrons. The molecule has 0 saturated carbocycles. The van der Waals surface area contributed by atoms with Crippen molar-refractivity contribution in [3.8, 4) is 0 Å². The number of likely N-dealkylation sites (tertiary alicyclic amines) is 1. The van der Waals surface area contributed by atoms with Gasteiger partial charge in [-0.2, -0.15) is 0 Å². The number of nitrogens with two attached hydrogens (primary N) is 1. The minimum Gasteiger partial charge on any atom is -0.370 e. The first-order valence-electron chi connectivity index (χ1n) is 6.55. The highest BCUT2D eigenvalue weighted by molar-refractivity contribution is 14.0. The first kappa shape index (κ1) is 16.6. The van der Waals surface area contributed by atoms with Gasteiger partial charge in [0.1, 0.15) is 0 Å². The van der Waals surface area contributed by atoms with Crippen molar-refractivity contribution in [3.05, 3.63) is 34.9 Å². The van der Waals surface area contributed by atoms with E-state index >= 15 is 0 Å². The second-order valence-corrected chi connectivity index (χ2v) is 5.14. The van der Waals surface area contributed by atoms with Gasteiger partial charge in [-0.25, -0.2) is 4.99 Å². The monoisotopic (exact) mass is 393 g/mol. The van der Waals surface area contributed by atoms with Gasteiger partial charge in [-0.3, -0.25) is 0 Å². The van der Waals surface area contributed by atoms with Crippen LogP contribution < -0.4 is 5.73 Å². The predicted octanol–water partition coefficient (Wildman–Crippen LogP) is 3.65. The van der Waals surface area contributed by atoms with Crippen molar-refractivity contribution < 1.29 is 0 Å². The molecule has 19 heavy (non-hydrogen) atoms. The lowest BCUT2D eigenvalue weighted by atomic mass is 10.2. The van der Waals surface area contributed by atoms with Crippen LogP contribution in [-0.4, -0.2) is 23.9 Å². The number of hydrogen-bond acceptors (Lipinski definition) is 1. The Morgan fingerprint density at radius 2 is 1.68 bits per heavy atom. The molecule has 0 radical (unpaired) electrons. The van der Waals surface area contributed by atoms with Crippen molar-refractivity contribution in [1.82, 2.24) is 4.90 Å². The van der Waals surface area contributed by atoms with Crippen molar-refractivity contribution in [2.24, 2.45) is 10.7 Å². The van der Waals surface area contributed by atoms with Crippen LogP contribution >= 0.6 is 35.6 Å². The van der Waals surface area contributed by atoms with Crippen LogP contribution in [-0.2, 0) is 6.54 Å². The van der Waals surface area contributed by atoms with E-state index in [0.29, 0.717) is 12.5 Å². The van der Waals surface area contributed by atoms with Gasteiger partial charge in [-0.05, 0) is 30.5 Å². The molecule has 3 nitrogen and oxygen atoms in total. The number of benzene rings is 1. The Kier molecular flexibility index (Phi) is 7.53. The number of hydrogen-bond donors (Lipinski definition) is 1. The van der Waals surface area contributed by atoms with Crippen molar-refractivity contribution in [1.29, 1.82) is 0 Å². The van der Waals surface area contributed by atoms with Gasteiger partial charge in [0, 0.05) is 18.1 Å². The summed E-state index contributed by atoms with van der Waals surface area (Å²) in [5.74, 6) is 0.673. The van der Waals surface area contributed by atoms with Crippen LogP contribution in [0.15, 0.2) is 29.3 Å². The maximum Gasteiger partial charge on any atom is 0.191 e. The standard InChI is InChI=1S/C14H20ClN3.HI/c15-13-7-5-12(6-8-13)11-17-14(16)18-9-3-1-2-4-10-18;/h5-8H,1-4,9-11H2,(H2,16,17);1H. The highest BCUT2D eigenvalue weighted by Gasteiger charge is 2.10. The SMILES string of the molecule is I.NC(=NCc1ccc(Cl)cc1)N1CCCCCC1. The zero-order chi connectivity index (χ0) is 12.8. The Labute approximate surface area is 137 Å². The lowest BCUT2D eigenvalue weighted by Crippen LogP contribution is -2.38. The molecular weight excluding hydrogens is 373 g/mol. The van der Waals surface area contributed by atoms with Crippen LogP contribution in [0.3, 0.4) is 0 Å². The summed E-state index contributed by atoms with van der Waals surface area (Å²) in [4.78, 5) is 6.66. The third-order valence-corrected chi connectivity index (χ3v) is 3.52. The Morgan fingerprint density at radius 3 is 2.26 bits per heavy atom. The lowest BCUT2D eigenvalue weighted by molar-refractivity contribution is 0.428. The molecular formula is C14H21ClIN3. The molecule has 0 aromatic heterocycles. The quantitative estimate of drug-likeness (QED) is 0.473. The summed E-state index contributed by atoms with van der Waals surface area (Å²) in [7, 11) is 0. The zero-order valence-corrected chi connectivity index (χ0v) is 14.1. The van der Waals surface area contributed by atoms with Crippen molar-refractivity contribution in [3.63, 3.8) is 0 Å². The summed E-state index contributed by atoms with van der Waals surface area (Å²) in [6.07, 6.45) is 5.05. The molecule has 0 bridgehead atoms. The Bertz CT molecular complexity index is 398. The van der Waals surface area contributed by atoms with E-state index in [0.717, 1.165) is 23.7 Å². The van der Waals surface area contributed by atoms with Crippen molar-refractivity contribution in [2.45, 2.75) is 32.2 Å². The van der Waals surface area contributed by atoms with Crippen LogP contribution in [0.1, 0.15) is 31.2 Å². The third kappa shape index (κ3) is 5.57. The topological polar surface area (TPSA) is 41.6 Å². The average molecular weight is 394 g/mol. The lowest BCUT2D eigenvalue weighted by Gasteiger charge is -2.21. The summed E-state index contributed by atoms with van der Waals surface area (Å²) < 4.78 is 0. The van der Waals surface area contributed by atoms with Crippen molar-refractivity contribution >= 4 is 41.5 Å². The molecule has 0 spiro atoms. The fourth-order valence-corrected chi connectivity index (χ4v) is 2.29. The normalized spacial score (nSPS) is 16.7. The third-order valence-electron chi connectivity index (χ3n) is 3.27. The maximum absolute atomic E-state index is 6.05. The largest absolute Gasteiger partial charge is 0.370 e.